The maximum atomic E-state index is 6.54. The van der Waals surface area contributed by atoms with Gasteiger partial charge < -0.3 is 10.5 Å². The van der Waals surface area contributed by atoms with Crippen molar-refractivity contribution in [3.8, 4) is 0 Å². The van der Waals surface area contributed by atoms with Crippen molar-refractivity contribution >= 4 is 0 Å². The van der Waals surface area contributed by atoms with Crippen LogP contribution in [0, 0.1) is 19.8 Å². The summed E-state index contributed by atoms with van der Waals surface area (Å²) in [5, 5.41) is 4.49. The zero-order chi connectivity index (χ0) is 15.3. The maximum Gasteiger partial charge on any atom is 0.0677 e. The van der Waals surface area contributed by atoms with E-state index in [-0.39, 0.29) is 17.2 Å². The van der Waals surface area contributed by atoms with Crippen LogP contribution < -0.4 is 5.73 Å². The Morgan fingerprint density at radius 1 is 1.35 bits per heavy atom. The van der Waals surface area contributed by atoms with E-state index in [1.807, 2.05) is 11.7 Å². The van der Waals surface area contributed by atoms with Gasteiger partial charge in [0.25, 0.3) is 0 Å². The highest BCUT2D eigenvalue weighted by Gasteiger charge is 2.48. The fourth-order valence-electron chi connectivity index (χ4n) is 3.76. The van der Waals surface area contributed by atoms with Crippen LogP contribution in [0.4, 0.5) is 0 Å². The molecule has 0 bridgehead atoms. The molecule has 4 nitrogen and oxygen atoms in total. The van der Waals surface area contributed by atoms with Gasteiger partial charge in [0.2, 0.25) is 0 Å². The summed E-state index contributed by atoms with van der Waals surface area (Å²) in [6.07, 6.45) is 1.89. The monoisotopic (exact) mass is 279 g/mol. The van der Waals surface area contributed by atoms with Crippen molar-refractivity contribution in [3.63, 3.8) is 0 Å². The van der Waals surface area contributed by atoms with Gasteiger partial charge in [-0.15, -0.1) is 0 Å². The minimum atomic E-state index is -0.160. The highest BCUT2D eigenvalue weighted by molar-refractivity contribution is 5.25. The largest absolute Gasteiger partial charge is 0.369 e. The number of aryl methyl sites for hydroxylation is 2. The van der Waals surface area contributed by atoms with Crippen molar-refractivity contribution in [1.29, 1.82) is 0 Å². The van der Waals surface area contributed by atoms with Crippen molar-refractivity contribution in [1.82, 2.24) is 9.78 Å². The zero-order valence-electron chi connectivity index (χ0n) is 13.9. The summed E-state index contributed by atoms with van der Waals surface area (Å²) < 4.78 is 8.11. The smallest absolute Gasteiger partial charge is 0.0677 e. The van der Waals surface area contributed by atoms with Gasteiger partial charge in [-0.05, 0) is 59.9 Å². The first-order valence-corrected chi connectivity index (χ1v) is 7.48. The summed E-state index contributed by atoms with van der Waals surface area (Å²) in [5.41, 5.74) is 9.90. The van der Waals surface area contributed by atoms with E-state index in [4.69, 9.17) is 10.5 Å². The Balaban J connectivity index is 2.18. The molecular weight excluding hydrogens is 250 g/mol. The number of nitrogens with zero attached hydrogens (tertiary/aromatic N) is 2. The van der Waals surface area contributed by atoms with E-state index in [0.29, 0.717) is 5.92 Å². The molecule has 0 saturated carbocycles. The Bertz CT molecular complexity index is 502. The van der Waals surface area contributed by atoms with E-state index >= 15 is 0 Å². The molecule has 1 fully saturated rings. The standard InChI is InChI=1S/C16H29N3O/c1-10-12(11(2)19(7)18-10)8-14(17)13-9-15(3,4)20-16(13,5)6/h13-14H,8-9,17H2,1-7H3. The van der Waals surface area contributed by atoms with Gasteiger partial charge >= 0.3 is 0 Å². The molecule has 0 aromatic carbocycles. The first kappa shape index (κ1) is 15.5. The average molecular weight is 279 g/mol. The van der Waals surface area contributed by atoms with Gasteiger partial charge in [-0.25, -0.2) is 0 Å². The molecule has 1 aromatic rings. The minimum absolute atomic E-state index is 0.0786. The molecular formula is C16H29N3O. The summed E-state index contributed by atoms with van der Waals surface area (Å²) in [6, 6.07) is 0.105. The highest BCUT2D eigenvalue weighted by atomic mass is 16.5. The predicted octanol–water partition coefficient (Wildman–Crippen LogP) is 2.50. The third kappa shape index (κ3) is 2.77. The summed E-state index contributed by atoms with van der Waals surface area (Å²) in [5.74, 6) is 0.372. The number of hydrogen-bond acceptors (Lipinski definition) is 3. The molecule has 0 amide bonds. The van der Waals surface area contributed by atoms with E-state index in [1.54, 1.807) is 0 Å². The van der Waals surface area contributed by atoms with Crippen molar-refractivity contribution in [2.45, 2.75) is 71.6 Å². The molecule has 1 saturated heterocycles. The van der Waals surface area contributed by atoms with Crippen molar-refractivity contribution in [2.75, 3.05) is 0 Å². The third-order valence-electron chi connectivity index (χ3n) is 4.76. The second-order valence-corrected chi connectivity index (χ2v) is 7.42. The average Bonchev–Trinajstić information content (AvgIpc) is 2.64. The van der Waals surface area contributed by atoms with E-state index in [9.17, 15) is 0 Å². The predicted molar refractivity (Wildman–Crippen MR) is 81.7 cm³/mol. The third-order valence-corrected chi connectivity index (χ3v) is 4.76. The molecule has 0 spiro atoms. The second kappa shape index (κ2) is 4.85. The van der Waals surface area contributed by atoms with Crippen LogP contribution in [0.3, 0.4) is 0 Å². The quantitative estimate of drug-likeness (QED) is 0.925. The summed E-state index contributed by atoms with van der Waals surface area (Å²) in [4.78, 5) is 0. The molecule has 4 heteroatoms. The second-order valence-electron chi connectivity index (χ2n) is 7.42. The van der Waals surface area contributed by atoms with Crippen molar-refractivity contribution < 1.29 is 4.74 Å². The van der Waals surface area contributed by atoms with Gasteiger partial charge in [-0.2, -0.15) is 5.10 Å². The topological polar surface area (TPSA) is 53.1 Å². The number of rotatable bonds is 3. The molecule has 20 heavy (non-hydrogen) atoms. The van der Waals surface area contributed by atoms with Gasteiger partial charge in [-0.3, -0.25) is 4.68 Å². The number of aromatic nitrogens is 2. The fourth-order valence-corrected chi connectivity index (χ4v) is 3.76. The highest BCUT2D eigenvalue weighted by Crippen LogP contribution is 2.43. The first-order chi connectivity index (χ1) is 9.03. The molecule has 2 atom stereocenters. The Morgan fingerprint density at radius 3 is 2.35 bits per heavy atom. The Hall–Kier alpha value is -0.870. The van der Waals surface area contributed by atoms with E-state index in [0.717, 1.165) is 18.5 Å². The Labute approximate surface area is 122 Å². The van der Waals surface area contributed by atoms with Crippen LogP contribution in [0.2, 0.25) is 0 Å². The van der Waals surface area contributed by atoms with Crippen LogP contribution >= 0.6 is 0 Å². The number of ether oxygens (including phenoxy) is 1. The Morgan fingerprint density at radius 2 is 1.95 bits per heavy atom. The maximum absolute atomic E-state index is 6.54. The van der Waals surface area contributed by atoms with E-state index in [2.05, 4.69) is 46.6 Å². The van der Waals surface area contributed by atoms with Gasteiger partial charge in [0.15, 0.2) is 0 Å². The van der Waals surface area contributed by atoms with Crippen LogP contribution in [-0.4, -0.2) is 27.0 Å². The SMILES string of the molecule is Cc1nn(C)c(C)c1CC(N)C1CC(C)(C)OC1(C)C. The van der Waals surface area contributed by atoms with Gasteiger partial charge in [0.1, 0.15) is 0 Å². The lowest BCUT2D eigenvalue weighted by atomic mass is 9.79. The van der Waals surface area contributed by atoms with Crippen LogP contribution in [0.15, 0.2) is 0 Å². The molecule has 2 rings (SSSR count). The molecule has 1 aliphatic heterocycles. The minimum Gasteiger partial charge on any atom is -0.369 e. The lowest BCUT2D eigenvalue weighted by Crippen LogP contribution is -2.42. The molecule has 2 heterocycles. The summed E-state index contributed by atoms with van der Waals surface area (Å²) in [6.45, 7) is 12.8. The van der Waals surface area contributed by atoms with Gasteiger partial charge in [0.05, 0.1) is 16.9 Å². The summed E-state index contributed by atoms with van der Waals surface area (Å²) >= 11 is 0. The van der Waals surface area contributed by atoms with Gasteiger partial charge in [-0.1, -0.05) is 0 Å². The fraction of sp³-hybridized carbons (Fsp3) is 0.812. The van der Waals surface area contributed by atoms with Crippen molar-refractivity contribution in [2.24, 2.45) is 18.7 Å². The normalized spacial score (nSPS) is 25.9. The molecule has 2 N–H and O–H groups in total. The van der Waals surface area contributed by atoms with E-state index in [1.165, 1.54) is 11.3 Å². The van der Waals surface area contributed by atoms with Crippen LogP contribution in [-0.2, 0) is 18.2 Å². The number of nitrogens with two attached hydrogens (primary N) is 1. The molecule has 0 aliphatic carbocycles. The number of hydrogen-bond donors (Lipinski definition) is 1. The molecule has 114 valence electrons. The molecule has 2 unspecified atom stereocenters. The molecule has 1 aromatic heterocycles. The van der Waals surface area contributed by atoms with Crippen LogP contribution in [0.25, 0.3) is 0 Å². The lowest BCUT2D eigenvalue weighted by Gasteiger charge is -2.31. The van der Waals surface area contributed by atoms with Crippen molar-refractivity contribution in [3.05, 3.63) is 17.0 Å². The Kier molecular flexibility index (Phi) is 3.76. The molecule has 0 radical (unpaired) electrons. The first-order valence-electron chi connectivity index (χ1n) is 7.48. The lowest BCUT2D eigenvalue weighted by molar-refractivity contribution is -0.0765. The van der Waals surface area contributed by atoms with Gasteiger partial charge in [0, 0.05) is 24.7 Å². The van der Waals surface area contributed by atoms with Crippen LogP contribution in [0.5, 0.6) is 0 Å². The van der Waals surface area contributed by atoms with E-state index < -0.39 is 0 Å². The van der Waals surface area contributed by atoms with Crippen LogP contribution in [0.1, 0.15) is 51.1 Å². The summed E-state index contributed by atoms with van der Waals surface area (Å²) in [7, 11) is 1.99. The zero-order valence-corrected chi connectivity index (χ0v) is 13.9. The molecule has 1 aliphatic rings.